The van der Waals surface area contributed by atoms with Crippen LogP contribution in [0.2, 0.25) is 32.7 Å². The van der Waals surface area contributed by atoms with E-state index in [2.05, 4.69) is 93.4 Å². The van der Waals surface area contributed by atoms with Crippen LogP contribution in [0.3, 0.4) is 0 Å². The molecule has 31 heavy (non-hydrogen) atoms. The first-order chi connectivity index (χ1) is 13.7. The summed E-state index contributed by atoms with van der Waals surface area (Å²) in [6.07, 6.45) is 0. The first-order valence-corrected chi connectivity index (χ1v) is 19.5. The van der Waals surface area contributed by atoms with Crippen molar-refractivity contribution in [1.29, 1.82) is 0 Å². The summed E-state index contributed by atoms with van der Waals surface area (Å²) in [6.45, 7) is 11.2. The van der Waals surface area contributed by atoms with Crippen LogP contribution in [0.15, 0.2) is 66.4 Å². The second-order valence-electron chi connectivity index (χ2n) is 8.51. The van der Waals surface area contributed by atoms with E-state index in [1.807, 2.05) is 0 Å². The van der Waals surface area contributed by atoms with Crippen molar-refractivity contribution in [3.05, 3.63) is 83.1 Å². The Hall–Kier alpha value is -0.713. The van der Waals surface area contributed by atoms with E-state index in [-0.39, 0.29) is 36.2 Å². The average Bonchev–Trinajstić information content (AvgIpc) is 3.19. The van der Waals surface area contributed by atoms with E-state index in [0.717, 1.165) is 17.1 Å². The molecule has 1 aliphatic rings. The smallest absolute Gasteiger partial charge is 1.00 e. The first kappa shape index (κ1) is 28.3. The van der Waals surface area contributed by atoms with Gasteiger partial charge in [0.1, 0.15) is 11.5 Å². The van der Waals surface area contributed by atoms with Gasteiger partial charge in [0.15, 0.2) is 0 Å². The molecule has 0 bridgehead atoms. The van der Waals surface area contributed by atoms with Crippen molar-refractivity contribution in [2.45, 2.75) is 38.7 Å². The Morgan fingerprint density at radius 1 is 0.935 bits per heavy atom. The van der Waals surface area contributed by atoms with Crippen molar-refractivity contribution in [2.75, 3.05) is 7.11 Å². The summed E-state index contributed by atoms with van der Waals surface area (Å²) in [5.41, 5.74) is 3.93. The summed E-state index contributed by atoms with van der Waals surface area (Å²) >= 11 is 1.74. The van der Waals surface area contributed by atoms with Gasteiger partial charge in [-0.1, -0.05) is 30.3 Å². The van der Waals surface area contributed by atoms with Gasteiger partial charge < -0.3 is 34.0 Å². The molecule has 0 aromatic heterocycles. The van der Waals surface area contributed by atoms with Gasteiger partial charge in [-0.2, -0.15) is 6.07 Å². The van der Waals surface area contributed by atoms with Crippen LogP contribution < -0.4 is 24.8 Å². The minimum atomic E-state index is -1.75. The quantitative estimate of drug-likeness (QED) is 0.341. The van der Waals surface area contributed by atoms with Gasteiger partial charge in [0.25, 0.3) is 0 Å². The predicted octanol–water partition coefficient (Wildman–Crippen LogP) is 0.663. The summed E-state index contributed by atoms with van der Waals surface area (Å²) in [6, 6.07) is 21.5. The number of halogens is 2. The molecule has 0 aliphatic heterocycles. The molecule has 3 aromatic rings. The maximum absolute atomic E-state index is 6.46. The van der Waals surface area contributed by atoms with Gasteiger partial charge in [-0.25, -0.2) is 0 Å². The van der Waals surface area contributed by atoms with Crippen molar-refractivity contribution in [2.24, 2.45) is 0 Å². The van der Waals surface area contributed by atoms with Crippen molar-refractivity contribution in [3.63, 3.8) is 0 Å². The van der Waals surface area contributed by atoms with E-state index < -0.39 is 8.32 Å². The van der Waals surface area contributed by atoms with Gasteiger partial charge in [0.05, 0.1) is 7.11 Å². The maximum Gasteiger partial charge on any atom is -1.00 e. The Morgan fingerprint density at radius 3 is 2.13 bits per heavy atom. The number of benzene rings is 2. The van der Waals surface area contributed by atoms with E-state index in [1.165, 1.54) is 21.9 Å². The van der Waals surface area contributed by atoms with Crippen LogP contribution in [-0.4, -0.2) is 20.9 Å². The third kappa shape index (κ3) is 6.64. The number of ether oxygens (including phenoxy) is 1. The Balaban J connectivity index is 0.000000741. The molecule has 2 nitrogen and oxygen atoms in total. The fourth-order valence-corrected chi connectivity index (χ4v) is 4.54. The van der Waals surface area contributed by atoms with Crippen molar-refractivity contribution < 1.29 is 57.3 Å². The van der Waals surface area contributed by atoms with Crippen LogP contribution in [0, 0.1) is 0 Å². The summed E-state index contributed by atoms with van der Waals surface area (Å²) < 4.78 is 12.4. The topological polar surface area (TPSA) is 18.5 Å². The number of methoxy groups -OCH3 is 1. The number of hydrogen-bond donors (Lipinski definition) is 0. The third-order valence-electron chi connectivity index (χ3n) is 4.66. The van der Waals surface area contributed by atoms with E-state index >= 15 is 0 Å². The molecule has 0 saturated heterocycles. The van der Waals surface area contributed by atoms with E-state index in [9.17, 15) is 0 Å². The zero-order chi connectivity index (χ0) is 21.2. The zero-order valence-corrected chi connectivity index (χ0v) is 24.9. The molecule has 0 N–H and O–H groups in total. The van der Waals surface area contributed by atoms with Crippen molar-refractivity contribution >= 4 is 30.3 Å². The van der Waals surface area contributed by atoms with Gasteiger partial charge in [0.2, 0.25) is 8.32 Å². The molecular formula is C24H29Cl2O2Si2Zr-. The third-order valence-corrected chi connectivity index (χ3v) is 5.47. The number of allylic oxidation sites excluding steroid dienone is 1. The second kappa shape index (κ2) is 11.9. The van der Waals surface area contributed by atoms with Crippen molar-refractivity contribution in [1.82, 2.24) is 0 Å². The molecule has 3 aromatic carbocycles. The molecule has 1 unspecified atom stereocenters. The van der Waals surface area contributed by atoms with Crippen molar-refractivity contribution in [3.8, 4) is 0 Å². The molecular weight excluding hydrogens is 539 g/mol. The van der Waals surface area contributed by atoms with Gasteiger partial charge in [0, 0.05) is 11.5 Å². The van der Waals surface area contributed by atoms with Crippen LogP contribution in [0.4, 0.5) is 0 Å². The first-order valence-electron chi connectivity index (χ1n) is 9.95. The van der Waals surface area contributed by atoms with Gasteiger partial charge in [-0.05, 0) is 25.2 Å². The molecule has 0 radical (unpaired) electrons. The Bertz CT molecular complexity index is 1070. The van der Waals surface area contributed by atoms with E-state index in [4.69, 9.17) is 9.16 Å². The normalized spacial score (nSPS) is 14.6. The molecule has 0 fully saturated rings. The monoisotopic (exact) mass is 565 g/mol. The number of hydrogen-bond acceptors (Lipinski definition) is 2. The summed E-state index contributed by atoms with van der Waals surface area (Å²) in [5.74, 6) is 1.94. The average molecular weight is 568 g/mol. The Labute approximate surface area is 215 Å². The minimum absolute atomic E-state index is 0. The van der Waals surface area contributed by atoms with E-state index in [1.54, 1.807) is 30.4 Å². The zero-order valence-electron chi connectivity index (χ0n) is 18.9. The molecule has 1 atom stereocenters. The summed E-state index contributed by atoms with van der Waals surface area (Å²) in [5, 5.41) is 2.55. The standard InChI is InChI=1S/C22H23O2Si.C2H6Si.2ClH.Zr/c1-23-22-20(18-14-13-15-9-5-6-10-16(15)18)17-11-7-8-12-19(17)21(22)24-25(2,3)4;1-3-2;;;/h5-14,20H,1-4H3;1-2H3;2*1H;/q-1;;;;+2/p-2. The molecule has 7 heteroatoms. The second-order valence-corrected chi connectivity index (χ2v) is 22.3. The predicted molar refractivity (Wildman–Crippen MR) is 124 cm³/mol. The van der Waals surface area contributed by atoms with Crippen LogP contribution in [-0.2, 0) is 32.5 Å². The fourth-order valence-electron chi connectivity index (χ4n) is 3.72. The fraction of sp³-hybridized carbons (Fsp3) is 0.292. The maximum atomic E-state index is 6.46. The van der Waals surface area contributed by atoms with Gasteiger partial charge in [-0.15, -0.1) is 40.6 Å². The minimum Gasteiger partial charge on any atom is -1.00 e. The molecule has 0 heterocycles. The molecule has 164 valence electrons. The number of fused-ring (bicyclic) bond motifs is 2. The van der Waals surface area contributed by atoms with Crippen LogP contribution >= 0.6 is 0 Å². The largest absolute Gasteiger partial charge is 1.00 e. The van der Waals surface area contributed by atoms with Gasteiger partial charge >= 0.3 is 41.9 Å². The Kier molecular flexibility index (Phi) is 10.9. The SMILES string of the molecule is COC1=C(O[Si](C)(C)C)c2ccccc2C1[c-]1ccc2ccccc21.C[Si](C)=[Zr+2].[Cl-].[Cl-]. The molecule has 1 aliphatic carbocycles. The molecule has 4 rings (SSSR count). The van der Waals surface area contributed by atoms with Crippen LogP contribution in [0.1, 0.15) is 22.6 Å². The van der Waals surface area contributed by atoms with Crippen LogP contribution in [0.5, 0.6) is 0 Å². The Morgan fingerprint density at radius 2 is 1.52 bits per heavy atom. The van der Waals surface area contributed by atoms with E-state index in [0.29, 0.717) is 0 Å². The van der Waals surface area contributed by atoms with Gasteiger partial charge in [-0.3, -0.25) is 0 Å². The molecule has 0 saturated carbocycles. The molecule has 0 amide bonds. The summed E-state index contributed by atoms with van der Waals surface area (Å²) in [7, 11) is 0.00210. The number of rotatable bonds is 4. The summed E-state index contributed by atoms with van der Waals surface area (Å²) in [4.78, 5) is 0. The van der Waals surface area contributed by atoms with Crippen LogP contribution in [0.25, 0.3) is 16.5 Å². The molecule has 0 spiro atoms.